The fraction of sp³-hybridized carbons (Fsp3) is 0.154. The van der Waals surface area contributed by atoms with E-state index in [1.165, 1.54) is 7.11 Å². The maximum absolute atomic E-state index is 7.78. The van der Waals surface area contributed by atoms with Crippen LogP contribution in [0.1, 0.15) is 5.56 Å². The minimum Gasteiger partial charge on any atom is -0.468 e. The summed E-state index contributed by atoms with van der Waals surface area (Å²) >= 11 is 0. The number of rotatable bonds is 3. The molecule has 0 aliphatic carbocycles. The molecule has 0 spiro atoms. The molecule has 0 saturated carbocycles. The van der Waals surface area contributed by atoms with Crippen molar-refractivity contribution in [2.24, 2.45) is 0 Å². The summed E-state index contributed by atoms with van der Waals surface area (Å²) in [5.74, 6) is 0. The van der Waals surface area contributed by atoms with Crippen molar-refractivity contribution in [3.8, 4) is 6.01 Å². The molecular weight excluding hydrogens is 242 g/mol. The second-order valence-corrected chi connectivity index (χ2v) is 4.15. The maximum atomic E-state index is 7.78. The lowest BCUT2D eigenvalue weighted by atomic mass is 10.2. The minimum atomic E-state index is 0.162. The molecule has 0 radical (unpaired) electrons. The van der Waals surface area contributed by atoms with Crippen molar-refractivity contribution in [3.63, 3.8) is 0 Å². The van der Waals surface area contributed by atoms with Gasteiger partial charge in [0.25, 0.3) is 6.01 Å². The third-order valence-electron chi connectivity index (χ3n) is 2.89. The van der Waals surface area contributed by atoms with E-state index in [-0.39, 0.29) is 5.49 Å². The van der Waals surface area contributed by atoms with Gasteiger partial charge in [-0.1, -0.05) is 30.3 Å². The lowest BCUT2D eigenvalue weighted by Gasteiger charge is -2.06. The highest BCUT2D eigenvalue weighted by Gasteiger charge is 2.09. The normalized spacial score (nSPS) is 10.8. The predicted octanol–water partition coefficient (Wildman–Crippen LogP) is 1.30. The first-order valence-corrected chi connectivity index (χ1v) is 5.85. The van der Waals surface area contributed by atoms with E-state index >= 15 is 0 Å². The van der Waals surface area contributed by atoms with Gasteiger partial charge in [0.05, 0.1) is 20.0 Å². The number of ether oxygens (including phenoxy) is 1. The summed E-state index contributed by atoms with van der Waals surface area (Å²) in [4.78, 5) is 11.3. The molecule has 3 aromatic rings. The summed E-state index contributed by atoms with van der Waals surface area (Å²) in [7, 11) is 1.54. The molecule has 3 rings (SSSR count). The van der Waals surface area contributed by atoms with Crippen LogP contribution in [0.5, 0.6) is 6.01 Å². The molecule has 96 valence electrons. The minimum absolute atomic E-state index is 0.162. The van der Waals surface area contributed by atoms with Crippen molar-refractivity contribution in [2.45, 2.75) is 6.54 Å². The van der Waals surface area contributed by atoms with Crippen molar-refractivity contribution >= 4 is 11.2 Å². The van der Waals surface area contributed by atoms with Crippen LogP contribution in [0, 0.1) is 5.41 Å². The van der Waals surface area contributed by atoms with Crippen LogP contribution in [-0.2, 0) is 6.54 Å². The van der Waals surface area contributed by atoms with Gasteiger partial charge < -0.3 is 14.3 Å². The van der Waals surface area contributed by atoms with Crippen LogP contribution in [0.25, 0.3) is 11.2 Å². The number of methoxy groups -OCH3 is 1. The van der Waals surface area contributed by atoms with Gasteiger partial charge in [0, 0.05) is 0 Å². The number of hydrogen-bond acceptors (Lipinski definition) is 4. The zero-order valence-electron chi connectivity index (χ0n) is 10.4. The standard InChI is InChI=1S/C13H13N5O/c1-19-13-16-10-11(14)15-8-18(12(10)17-13)7-9-5-3-2-4-6-9/h2-6,8,14H,7H2,1H3,(H,16,17). The molecule has 0 unspecified atom stereocenters. The number of fused-ring (bicyclic) bond motifs is 1. The van der Waals surface area contributed by atoms with E-state index in [9.17, 15) is 0 Å². The van der Waals surface area contributed by atoms with E-state index < -0.39 is 0 Å². The highest BCUT2D eigenvalue weighted by Crippen LogP contribution is 2.13. The number of nitrogens with zero attached hydrogens (tertiary/aromatic N) is 3. The fourth-order valence-electron chi connectivity index (χ4n) is 1.95. The molecular formula is C13H13N5O. The topological polar surface area (TPSA) is 79.6 Å². The quantitative estimate of drug-likeness (QED) is 0.740. The number of imidazole rings is 1. The average molecular weight is 255 g/mol. The first kappa shape index (κ1) is 11.5. The van der Waals surface area contributed by atoms with Gasteiger partial charge in [0.15, 0.2) is 11.1 Å². The van der Waals surface area contributed by atoms with Gasteiger partial charge in [-0.15, -0.1) is 0 Å². The monoisotopic (exact) mass is 255 g/mol. The van der Waals surface area contributed by atoms with Crippen molar-refractivity contribution in [1.29, 1.82) is 5.41 Å². The Hall–Kier alpha value is -2.63. The van der Waals surface area contributed by atoms with Gasteiger partial charge in [0.1, 0.15) is 5.52 Å². The molecule has 0 aliphatic rings. The molecule has 0 atom stereocenters. The van der Waals surface area contributed by atoms with Crippen LogP contribution in [0.3, 0.4) is 0 Å². The molecule has 0 amide bonds. The Kier molecular flexibility index (Phi) is 2.75. The molecule has 2 heterocycles. The van der Waals surface area contributed by atoms with E-state index in [0.29, 0.717) is 23.7 Å². The van der Waals surface area contributed by atoms with Crippen LogP contribution in [0.4, 0.5) is 0 Å². The van der Waals surface area contributed by atoms with Crippen molar-refractivity contribution in [3.05, 3.63) is 47.7 Å². The predicted molar refractivity (Wildman–Crippen MR) is 69.8 cm³/mol. The number of H-pyrrole nitrogens is 1. The van der Waals surface area contributed by atoms with Crippen molar-refractivity contribution in [1.82, 2.24) is 19.5 Å². The summed E-state index contributed by atoms with van der Waals surface area (Å²) in [5.41, 5.74) is 2.56. The molecule has 0 fully saturated rings. The van der Waals surface area contributed by atoms with E-state index in [2.05, 4.69) is 15.0 Å². The number of nitrogens with one attached hydrogen (secondary N) is 2. The van der Waals surface area contributed by atoms with E-state index in [1.807, 2.05) is 34.9 Å². The van der Waals surface area contributed by atoms with Gasteiger partial charge >= 0.3 is 0 Å². The Morgan fingerprint density at radius 1 is 1.32 bits per heavy atom. The molecule has 19 heavy (non-hydrogen) atoms. The summed E-state index contributed by atoms with van der Waals surface area (Å²) in [6, 6.07) is 10.4. The largest absolute Gasteiger partial charge is 0.468 e. The Morgan fingerprint density at radius 2 is 2.11 bits per heavy atom. The third-order valence-corrected chi connectivity index (χ3v) is 2.89. The van der Waals surface area contributed by atoms with E-state index in [0.717, 1.165) is 5.56 Å². The Labute approximate surface area is 109 Å². The highest BCUT2D eigenvalue weighted by molar-refractivity contribution is 5.70. The summed E-state index contributed by atoms with van der Waals surface area (Å²) in [6.45, 7) is 0.651. The number of aromatic amines is 1. The van der Waals surface area contributed by atoms with Gasteiger partial charge in [-0.2, -0.15) is 4.98 Å². The van der Waals surface area contributed by atoms with Gasteiger partial charge in [-0.3, -0.25) is 5.41 Å². The molecule has 0 saturated heterocycles. The van der Waals surface area contributed by atoms with Crippen LogP contribution in [-0.4, -0.2) is 26.6 Å². The molecule has 2 N–H and O–H groups in total. The van der Waals surface area contributed by atoms with Crippen molar-refractivity contribution < 1.29 is 4.74 Å². The van der Waals surface area contributed by atoms with E-state index in [1.54, 1.807) is 6.33 Å². The molecule has 2 aromatic heterocycles. The fourth-order valence-corrected chi connectivity index (χ4v) is 1.95. The van der Waals surface area contributed by atoms with Gasteiger partial charge in [-0.05, 0) is 5.56 Å². The number of benzene rings is 1. The lowest BCUT2D eigenvalue weighted by Crippen LogP contribution is -2.13. The zero-order valence-corrected chi connectivity index (χ0v) is 10.4. The first-order chi connectivity index (χ1) is 9.28. The molecule has 6 heteroatoms. The molecule has 0 bridgehead atoms. The van der Waals surface area contributed by atoms with Crippen molar-refractivity contribution in [2.75, 3.05) is 7.11 Å². The second-order valence-electron chi connectivity index (χ2n) is 4.15. The SMILES string of the molecule is COc1nc2c([nH]1)c(=N)ncn2Cc1ccccc1. The average Bonchev–Trinajstić information content (AvgIpc) is 2.88. The first-order valence-electron chi connectivity index (χ1n) is 5.85. The zero-order chi connectivity index (χ0) is 13.2. The van der Waals surface area contributed by atoms with Crippen LogP contribution >= 0.6 is 0 Å². The summed E-state index contributed by atoms with van der Waals surface area (Å²) in [6.07, 6.45) is 1.62. The van der Waals surface area contributed by atoms with Gasteiger partial charge in [0.2, 0.25) is 0 Å². The maximum Gasteiger partial charge on any atom is 0.295 e. The van der Waals surface area contributed by atoms with Crippen LogP contribution in [0.2, 0.25) is 0 Å². The van der Waals surface area contributed by atoms with E-state index in [4.69, 9.17) is 10.1 Å². The summed E-state index contributed by atoms with van der Waals surface area (Å²) < 4.78 is 6.96. The summed E-state index contributed by atoms with van der Waals surface area (Å²) in [5, 5.41) is 7.78. The lowest BCUT2D eigenvalue weighted by molar-refractivity contribution is 0.385. The number of hydrogen-bond donors (Lipinski definition) is 2. The molecule has 1 aromatic carbocycles. The van der Waals surface area contributed by atoms with Gasteiger partial charge in [-0.25, -0.2) is 4.98 Å². The Balaban J connectivity index is 2.11. The smallest absolute Gasteiger partial charge is 0.295 e. The Bertz CT molecular complexity index is 760. The van der Waals surface area contributed by atoms with Crippen LogP contribution in [0.15, 0.2) is 36.7 Å². The highest BCUT2D eigenvalue weighted by atomic mass is 16.5. The molecule has 0 aliphatic heterocycles. The second kappa shape index (κ2) is 4.56. The molecule has 6 nitrogen and oxygen atoms in total. The van der Waals surface area contributed by atoms with Crippen LogP contribution < -0.4 is 10.2 Å². The Morgan fingerprint density at radius 3 is 2.84 bits per heavy atom. The third kappa shape index (κ3) is 2.08. The number of aromatic nitrogens is 4.